The lowest BCUT2D eigenvalue weighted by molar-refractivity contribution is -0.111. The van der Waals surface area contributed by atoms with Gasteiger partial charge in [-0.1, -0.05) is 12.1 Å². The number of halogens is 2. The maximum Gasteiger partial charge on any atom is 0.195 e. The summed E-state index contributed by atoms with van der Waals surface area (Å²) in [7, 11) is -4.64. The Kier molecular flexibility index (Phi) is 6.01. The Morgan fingerprint density at radius 2 is 1.72 bits per heavy atom. The second-order valence-corrected chi connectivity index (χ2v) is 9.67. The van der Waals surface area contributed by atoms with Gasteiger partial charge in [0.25, 0.3) is 0 Å². The van der Waals surface area contributed by atoms with Crippen LogP contribution in [0.1, 0.15) is 23.6 Å². The van der Waals surface area contributed by atoms with Crippen LogP contribution in [0.2, 0.25) is 0 Å². The Labute approximate surface area is 185 Å². The second-order valence-electron chi connectivity index (χ2n) is 6.58. The number of ketones is 1. The first-order valence-electron chi connectivity index (χ1n) is 8.39. The van der Waals surface area contributed by atoms with E-state index in [9.17, 15) is 22.9 Å². The van der Waals surface area contributed by atoms with E-state index < -0.39 is 10.1 Å². The molecule has 0 heterocycles. The van der Waals surface area contributed by atoms with Crippen LogP contribution >= 0.6 is 31.9 Å². The van der Waals surface area contributed by atoms with Crippen molar-refractivity contribution in [2.24, 2.45) is 0 Å². The largest absolute Gasteiger partial charge is 0.744 e. The summed E-state index contributed by atoms with van der Waals surface area (Å²) >= 11 is 6.60. The molecule has 0 radical (unpaired) electrons. The average Bonchev–Trinajstić information content (AvgIpc) is 2.64. The molecule has 0 bridgehead atoms. The van der Waals surface area contributed by atoms with Gasteiger partial charge in [-0.2, -0.15) is 0 Å². The molecule has 2 aromatic carbocycles. The molecule has 5 nitrogen and oxygen atoms in total. The highest BCUT2D eigenvalue weighted by atomic mass is 79.9. The van der Waals surface area contributed by atoms with Crippen LogP contribution in [0, 0.1) is 6.92 Å². The van der Waals surface area contributed by atoms with Crippen LogP contribution in [0.4, 0.5) is 0 Å². The predicted octanol–water partition coefficient (Wildman–Crippen LogP) is 4.98. The van der Waals surface area contributed by atoms with Gasteiger partial charge in [0, 0.05) is 0 Å². The molecular formula is C21H15Br2O5S-. The van der Waals surface area contributed by atoms with Crippen LogP contribution in [0.3, 0.4) is 0 Å². The number of Topliss-reactive ketones (excluding diaryl/α,β-unsaturated/α-hetero) is 1. The number of benzene rings is 2. The lowest BCUT2D eigenvalue weighted by Gasteiger charge is -2.18. The third kappa shape index (κ3) is 4.45. The molecule has 1 N–H and O–H groups in total. The van der Waals surface area contributed by atoms with Gasteiger partial charge >= 0.3 is 0 Å². The molecule has 29 heavy (non-hydrogen) atoms. The van der Waals surface area contributed by atoms with E-state index in [0.29, 0.717) is 42.4 Å². The molecule has 1 aliphatic carbocycles. The van der Waals surface area contributed by atoms with E-state index in [1.807, 2.05) is 0 Å². The monoisotopic (exact) mass is 537 g/mol. The Morgan fingerprint density at radius 1 is 1.03 bits per heavy atom. The van der Waals surface area contributed by atoms with Crippen LogP contribution in [-0.2, 0) is 14.9 Å². The van der Waals surface area contributed by atoms with Gasteiger partial charge in [-0.15, -0.1) is 0 Å². The number of carbonyl (C=O) groups excluding carboxylic acids is 1. The normalized spacial score (nSPS) is 16.4. The second kappa shape index (κ2) is 8.02. The standard InChI is InChI=1S/C21H16Br2O5S/c1-11-6-14(9-17(22)20(11)24)19(15-7-12(2)21(25)18(23)10-15)13-4-3-5-16(8-13)29(26,27)28/h3-10,24H,1-2H3,(H,26,27,28)/p-1. The van der Waals surface area contributed by atoms with Gasteiger partial charge in [0.15, 0.2) is 5.78 Å². The fourth-order valence-electron chi connectivity index (χ4n) is 3.06. The molecule has 0 amide bonds. The number of aromatic hydroxyl groups is 1. The van der Waals surface area contributed by atoms with E-state index in [1.165, 1.54) is 18.2 Å². The number of allylic oxidation sites excluding steroid dienone is 5. The van der Waals surface area contributed by atoms with E-state index in [2.05, 4.69) is 31.9 Å². The summed E-state index contributed by atoms with van der Waals surface area (Å²) in [6.07, 6.45) is 3.36. The highest BCUT2D eigenvalue weighted by Gasteiger charge is 2.20. The van der Waals surface area contributed by atoms with Crippen LogP contribution < -0.4 is 0 Å². The summed E-state index contributed by atoms with van der Waals surface area (Å²) in [4.78, 5) is 11.8. The van der Waals surface area contributed by atoms with Crippen molar-refractivity contribution in [1.82, 2.24) is 0 Å². The fraction of sp³-hybridized carbons (Fsp3) is 0.0952. The van der Waals surface area contributed by atoms with Crippen LogP contribution in [-0.4, -0.2) is 23.9 Å². The minimum Gasteiger partial charge on any atom is -0.744 e. The first kappa shape index (κ1) is 21.7. The average molecular weight is 539 g/mol. The van der Waals surface area contributed by atoms with E-state index in [0.717, 1.165) is 0 Å². The first-order chi connectivity index (χ1) is 13.5. The van der Waals surface area contributed by atoms with E-state index in [-0.39, 0.29) is 16.4 Å². The molecule has 0 fully saturated rings. The summed E-state index contributed by atoms with van der Waals surface area (Å²) in [5, 5.41) is 10.1. The predicted molar refractivity (Wildman–Crippen MR) is 117 cm³/mol. The molecule has 0 atom stereocenters. The maximum absolute atomic E-state index is 12.1. The molecule has 2 aromatic rings. The Hall–Kier alpha value is -2.00. The highest BCUT2D eigenvalue weighted by Crippen LogP contribution is 2.38. The third-order valence-electron chi connectivity index (χ3n) is 4.47. The SMILES string of the molecule is CC1=CC(=C(c2cccc(S(=O)(=O)[O-])c2)c2cc(C)c(O)c(Br)c2)C=C(Br)C1=O. The van der Waals surface area contributed by atoms with Crippen molar-refractivity contribution in [3.63, 3.8) is 0 Å². The van der Waals surface area contributed by atoms with Gasteiger partial charge in [0.2, 0.25) is 0 Å². The number of phenols is 1. The summed E-state index contributed by atoms with van der Waals surface area (Å²) in [5.41, 5.74) is 3.56. The number of aryl methyl sites for hydroxylation is 1. The maximum atomic E-state index is 12.1. The summed E-state index contributed by atoms with van der Waals surface area (Å²) in [6.45, 7) is 3.42. The van der Waals surface area contributed by atoms with Crippen molar-refractivity contribution in [2.45, 2.75) is 18.7 Å². The lowest BCUT2D eigenvalue weighted by atomic mass is 9.88. The number of phenolic OH excluding ortho intramolecular Hbond substituents is 1. The topological polar surface area (TPSA) is 94.5 Å². The van der Waals surface area contributed by atoms with E-state index >= 15 is 0 Å². The van der Waals surface area contributed by atoms with Crippen molar-refractivity contribution in [1.29, 1.82) is 0 Å². The van der Waals surface area contributed by atoms with Gasteiger partial charge in [-0.3, -0.25) is 4.79 Å². The summed E-state index contributed by atoms with van der Waals surface area (Å²) in [6, 6.07) is 9.18. The highest BCUT2D eigenvalue weighted by molar-refractivity contribution is 9.12. The summed E-state index contributed by atoms with van der Waals surface area (Å²) in [5.74, 6) is -0.0525. The minimum absolute atomic E-state index is 0.0938. The molecule has 0 saturated carbocycles. The Morgan fingerprint density at radius 3 is 2.31 bits per heavy atom. The van der Waals surface area contributed by atoms with E-state index in [4.69, 9.17) is 0 Å². The molecule has 1 aliphatic rings. The molecular weight excluding hydrogens is 524 g/mol. The van der Waals surface area contributed by atoms with Gasteiger partial charge in [-0.25, -0.2) is 8.42 Å². The zero-order valence-electron chi connectivity index (χ0n) is 15.4. The molecule has 0 saturated heterocycles. The van der Waals surface area contributed by atoms with Gasteiger partial charge in [0.1, 0.15) is 15.9 Å². The molecule has 150 valence electrons. The number of hydrogen-bond acceptors (Lipinski definition) is 5. The molecule has 0 unspecified atom stereocenters. The van der Waals surface area contributed by atoms with Gasteiger partial charge in [0.05, 0.1) is 13.9 Å². The van der Waals surface area contributed by atoms with Crippen molar-refractivity contribution in [3.8, 4) is 5.75 Å². The van der Waals surface area contributed by atoms with Crippen LogP contribution in [0.15, 0.2) is 73.5 Å². The van der Waals surface area contributed by atoms with Gasteiger partial charge in [-0.05, 0) is 116 Å². The smallest absolute Gasteiger partial charge is 0.195 e. The molecule has 0 aliphatic heterocycles. The summed E-state index contributed by atoms with van der Waals surface area (Å²) < 4.78 is 35.4. The number of rotatable bonds is 3. The molecule has 3 rings (SSSR count). The van der Waals surface area contributed by atoms with Crippen molar-refractivity contribution >= 4 is 53.3 Å². The number of carbonyl (C=O) groups is 1. The Bertz CT molecular complexity index is 1190. The molecule has 8 heteroatoms. The zero-order valence-corrected chi connectivity index (χ0v) is 19.4. The van der Waals surface area contributed by atoms with Gasteiger partial charge < -0.3 is 9.66 Å². The lowest BCUT2D eigenvalue weighted by Crippen LogP contribution is -2.06. The molecule has 0 aromatic heterocycles. The Balaban J connectivity index is 2.39. The quantitative estimate of drug-likeness (QED) is 0.556. The van der Waals surface area contributed by atoms with Crippen molar-refractivity contribution in [2.75, 3.05) is 0 Å². The van der Waals surface area contributed by atoms with Crippen molar-refractivity contribution in [3.05, 3.63) is 85.3 Å². The third-order valence-corrected chi connectivity index (χ3v) is 6.50. The van der Waals surface area contributed by atoms with Crippen LogP contribution in [0.25, 0.3) is 5.57 Å². The van der Waals surface area contributed by atoms with Crippen molar-refractivity contribution < 1.29 is 22.9 Å². The zero-order chi connectivity index (χ0) is 21.5. The fourth-order valence-corrected chi connectivity index (χ4v) is 4.70. The number of hydrogen-bond donors (Lipinski definition) is 1. The minimum atomic E-state index is -4.64. The van der Waals surface area contributed by atoms with Crippen LogP contribution in [0.5, 0.6) is 5.75 Å². The molecule has 0 spiro atoms. The van der Waals surface area contributed by atoms with E-state index in [1.54, 1.807) is 44.2 Å². The first-order valence-corrected chi connectivity index (χ1v) is 11.4.